The monoisotopic (exact) mass is 717 g/mol. The molecule has 0 saturated heterocycles. The predicted octanol–water partition coefficient (Wildman–Crippen LogP) is 8.34. The van der Waals surface area contributed by atoms with Gasteiger partial charge in [-0.3, -0.25) is 0 Å². The summed E-state index contributed by atoms with van der Waals surface area (Å²) in [6, 6.07) is 54.3. The minimum absolute atomic E-state index is 0.0189. The van der Waals surface area contributed by atoms with Crippen molar-refractivity contribution in [3.05, 3.63) is 181 Å². The van der Waals surface area contributed by atoms with Crippen molar-refractivity contribution in [2.24, 2.45) is 0 Å². The number of benzene rings is 7. The van der Waals surface area contributed by atoms with Crippen LogP contribution in [0.4, 0.5) is 45.5 Å². The Labute approximate surface area is 328 Å². The van der Waals surface area contributed by atoms with Gasteiger partial charge in [0.1, 0.15) is 11.5 Å². The highest BCUT2D eigenvalue weighted by molar-refractivity contribution is 7.02. The molecular formula is C50H37B2N3O. The molecule has 5 aliphatic rings. The summed E-state index contributed by atoms with van der Waals surface area (Å²) in [6.45, 7) is 4.46. The largest absolute Gasteiger partial charge is 0.458 e. The van der Waals surface area contributed by atoms with Crippen LogP contribution in [0.3, 0.4) is 0 Å². The molecule has 4 heterocycles. The van der Waals surface area contributed by atoms with E-state index in [0.717, 1.165) is 35.0 Å². The zero-order valence-corrected chi connectivity index (χ0v) is 31.4. The molecule has 4 nitrogen and oxygen atoms in total. The van der Waals surface area contributed by atoms with Crippen LogP contribution < -0.4 is 52.2 Å². The molecule has 1 atom stereocenters. The number of rotatable bonds is 3. The van der Waals surface area contributed by atoms with Crippen LogP contribution in [0.1, 0.15) is 17.5 Å². The average molecular weight is 717 g/mol. The number of ether oxygens (including phenoxy) is 1. The van der Waals surface area contributed by atoms with Gasteiger partial charge in [0.15, 0.2) is 0 Å². The van der Waals surface area contributed by atoms with Crippen molar-refractivity contribution < 1.29 is 4.74 Å². The van der Waals surface area contributed by atoms with Gasteiger partial charge in [-0.05, 0) is 125 Å². The molecule has 0 aromatic heterocycles. The Kier molecular flexibility index (Phi) is 6.74. The van der Waals surface area contributed by atoms with Gasteiger partial charge in [-0.2, -0.15) is 0 Å². The van der Waals surface area contributed by atoms with Crippen molar-refractivity contribution >= 4 is 91.7 Å². The van der Waals surface area contributed by atoms with E-state index in [9.17, 15) is 0 Å². The second-order valence-electron chi connectivity index (χ2n) is 15.8. The van der Waals surface area contributed by atoms with Gasteiger partial charge < -0.3 is 19.4 Å². The van der Waals surface area contributed by atoms with E-state index in [1.807, 2.05) is 0 Å². The second kappa shape index (κ2) is 11.9. The van der Waals surface area contributed by atoms with Gasteiger partial charge in [0.25, 0.3) is 13.4 Å². The van der Waals surface area contributed by atoms with Gasteiger partial charge in [0.05, 0.1) is 6.04 Å². The number of hydrogen-bond acceptors (Lipinski definition) is 4. The summed E-state index contributed by atoms with van der Waals surface area (Å²) in [5.74, 6) is 1.88. The van der Waals surface area contributed by atoms with Crippen molar-refractivity contribution in [2.45, 2.75) is 26.3 Å². The Morgan fingerprint density at radius 3 is 1.77 bits per heavy atom. The molecule has 7 aromatic rings. The van der Waals surface area contributed by atoms with Gasteiger partial charge in [0.2, 0.25) is 0 Å². The van der Waals surface area contributed by atoms with Crippen molar-refractivity contribution in [2.75, 3.05) is 14.7 Å². The number of para-hydroxylation sites is 4. The maximum atomic E-state index is 7.18. The molecular weight excluding hydrogens is 680 g/mol. The highest BCUT2D eigenvalue weighted by Gasteiger charge is 2.47. The molecule has 0 spiro atoms. The van der Waals surface area contributed by atoms with Crippen LogP contribution in [0.5, 0.6) is 11.5 Å². The number of hydrogen-bond donors (Lipinski definition) is 0. The molecule has 56 heavy (non-hydrogen) atoms. The van der Waals surface area contributed by atoms with E-state index in [1.165, 1.54) is 72.3 Å². The molecule has 0 amide bonds. The third-order valence-corrected chi connectivity index (χ3v) is 12.4. The molecule has 6 heteroatoms. The van der Waals surface area contributed by atoms with Gasteiger partial charge in [-0.15, -0.1) is 0 Å². The SMILES string of the molecule is Cc1cc2c3c(c1)N(c1ccccc1)c1cc4c(cc1B3c1ccccc1N2c1ccccc1)B1c2ccccc2N(C2C=CC=CC2)c2cc(C)cc(c21)O4. The molecule has 12 rings (SSSR count). The van der Waals surface area contributed by atoms with E-state index in [4.69, 9.17) is 4.74 Å². The summed E-state index contributed by atoms with van der Waals surface area (Å²) in [6.07, 6.45) is 9.94. The zero-order chi connectivity index (χ0) is 37.1. The summed E-state index contributed by atoms with van der Waals surface area (Å²) in [4.78, 5) is 7.51. The molecule has 1 unspecified atom stereocenters. The van der Waals surface area contributed by atoms with Crippen LogP contribution in [0.2, 0.25) is 0 Å². The summed E-state index contributed by atoms with van der Waals surface area (Å²) < 4.78 is 7.18. The lowest BCUT2D eigenvalue weighted by Gasteiger charge is -2.46. The van der Waals surface area contributed by atoms with Crippen molar-refractivity contribution in [1.82, 2.24) is 0 Å². The van der Waals surface area contributed by atoms with Gasteiger partial charge in [-0.1, -0.05) is 103 Å². The van der Waals surface area contributed by atoms with Crippen molar-refractivity contribution in [1.29, 1.82) is 0 Å². The molecule has 0 saturated carbocycles. The summed E-state index contributed by atoms with van der Waals surface area (Å²) >= 11 is 0. The minimum atomic E-state index is 0.0189. The fourth-order valence-corrected chi connectivity index (χ4v) is 10.3. The molecule has 0 fully saturated rings. The Morgan fingerprint density at radius 2 is 1.07 bits per heavy atom. The first-order chi connectivity index (χ1) is 27.6. The standard InChI is InChI=1S/C50H37B2N3O/c1-32-26-44-49-45(27-32)55(36-20-10-5-11-21-36)43-31-47-40(30-39(43)51(49)37-22-12-14-24-41(37)53(44)34-16-6-3-7-17-34)52-38-23-13-15-25-42(38)54(35-18-8-4-9-19-35)46-28-33(2)29-48(56-47)50(46)52/h3-18,20-31,35H,19H2,1-2H3. The lowest BCUT2D eigenvalue weighted by Crippen LogP contribution is -2.64. The first kappa shape index (κ1) is 31.7. The van der Waals surface area contributed by atoms with E-state index in [2.05, 4.69) is 198 Å². The highest BCUT2D eigenvalue weighted by Crippen LogP contribution is 2.46. The topological polar surface area (TPSA) is 19.0 Å². The van der Waals surface area contributed by atoms with E-state index >= 15 is 0 Å². The van der Waals surface area contributed by atoms with Gasteiger partial charge in [-0.25, -0.2) is 0 Å². The Balaban J connectivity index is 1.15. The fraction of sp³-hybridized carbons (Fsp3) is 0.0800. The third kappa shape index (κ3) is 4.44. The molecule has 1 aliphatic carbocycles. The van der Waals surface area contributed by atoms with Crippen LogP contribution in [0.25, 0.3) is 0 Å². The van der Waals surface area contributed by atoms with Gasteiger partial charge >= 0.3 is 0 Å². The van der Waals surface area contributed by atoms with E-state index in [0.29, 0.717) is 0 Å². The average Bonchev–Trinajstić information content (AvgIpc) is 3.23. The van der Waals surface area contributed by atoms with E-state index in [1.54, 1.807) is 0 Å². The molecule has 0 radical (unpaired) electrons. The number of nitrogens with zero attached hydrogens (tertiary/aromatic N) is 3. The van der Waals surface area contributed by atoms with E-state index in [-0.39, 0.29) is 19.5 Å². The third-order valence-electron chi connectivity index (χ3n) is 12.4. The predicted molar refractivity (Wildman–Crippen MR) is 236 cm³/mol. The zero-order valence-electron chi connectivity index (χ0n) is 31.4. The van der Waals surface area contributed by atoms with Crippen LogP contribution in [-0.2, 0) is 0 Å². The number of aryl methyl sites for hydroxylation is 2. The van der Waals surface area contributed by atoms with E-state index < -0.39 is 0 Å². The highest BCUT2D eigenvalue weighted by atomic mass is 16.5. The van der Waals surface area contributed by atoms with Crippen LogP contribution >= 0.6 is 0 Å². The maximum Gasteiger partial charge on any atom is 0.256 e. The Bertz CT molecular complexity index is 2830. The van der Waals surface area contributed by atoms with Crippen LogP contribution in [0, 0.1) is 13.8 Å². The fourth-order valence-electron chi connectivity index (χ4n) is 10.3. The van der Waals surface area contributed by atoms with Crippen LogP contribution in [-0.4, -0.2) is 19.5 Å². The Morgan fingerprint density at radius 1 is 0.482 bits per heavy atom. The summed E-state index contributed by atoms with van der Waals surface area (Å²) in [5.41, 5.74) is 19.8. The van der Waals surface area contributed by atoms with Gasteiger partial charge in [0, 0.05) is 51.6 Å². The lowest BCUT2D eigenvalue weighted by atomic mass is 9.30. The molecule has 7 aromatic carbocycles. The molecule has 0 N–H and O–H groups in total. The minimum Gasteiger partial charge on any atom is -0.458 e. The maximum absolute atomic E-state index is 7.18. The first-order valence-corrected chi connectivity index (χ1v) is 19.8. The molecule has 4 aliphatic heterocycles. The summed E-state index contributed by atoms with van der Waals surface area (Å²) in [5, 5.41) is 0. The first-order valence-electron chi connectivity index (χ1n) is 19.8. The number of allylic oxidation sites excluding steroid dienone is 2. The quantitative estimate of drug-likeness (QED) is 0.171. The molecule has 264 valence electrons. The smallest absolute Gasteiger partial charge is 0.256 e. The van der Waals surface area contributed by atoms with Crippen molar-refractivity contribution in [3.8, 4) is 11.5 Å². The lowest BCUT2D eigenvalue weighted by molar-refractivity contribution is 0.487. The number of anilines is 8. The molecule has 0 bridgehead atoms. The normalized spacial score (nSPS) is 16.3. The van der Waals surface area contributed by atoms with Crippen molar-refractivity contribution in [3.63, 3.8) is 0 Å². The van der Waals surface area contributed by atoms with Crippen LogP contribution in [0.15, 0.2) is 170 Å². The summed E-state index contributed by atoms with van der Waals surface area (Å²) in [7, 11) is 0. The number of fused-ring (bicyclic) bond motifs is 8. The second-order valence-corrected chi connectivity index (χ2v) is 15.8. The Hall–Kier alpha value is -6.65.